The second-order valence-electron chi connectivity index (χ2n) is 3.64. The van der Waals surface area contributed by atoms with E-state index in [9.17, 15) is 36.5 Å². The molecule has 0 saturated carbocycles. The highest BCUT2D eigenvalue weighted by Gasteiger charge is 2.40. The molecule has 0 aliphatic carbocycles. The molecule has 0 unspecified atom stereocenters. The maximum absolute atomic E-state index is 12.7. The van der Waals surface area contributed by atoms with Crippen molar-refractivity contribution in [2.24, 2.45) is 0 Å². The van der Waals surface area contributed by atoms with Gasteiger partial charge < -0.3 is 0 Å². The van der Waals surface area contributed by atoms with Crippen molar-refractivity contribution >= 4 is 28.8 Å². The van der Waals surface area contributed by atoms with E-state index in [0.29, 0.717) is 6.07 Å². The predicted octanol–water partition coefficient (Wildman–Crippen LogP) is 5.19. The van der Waals surface area contributed by atoms with Crippen molar-refractivity contribution in [3.63, 3.8) is 0 Å². The first-order valence-corrected chi connectivity index (χ1v) is 5.58. The summed E-state index contributed by atoms with van der Waals surface area (Å²) in [5, 5.41) is 8.42. The number of halogens is 8. The molecule has 1 aromatic carbocycles. The molecule has 21 heavy (non-hydrogen) atoms. The fourth-order valence-corrected chi connectivity index (χ4v) is 1.80. The number of rotatable bonds is 2. The lowest BCUT2D eigenvalue weighted by molar-refractivity contribution is -0.402. The zero-order valence-corrected chi connectivity index (χ0v) is 11.0. The molecule has 0 aliphatic rings. The van der Waals surface area contributed by atoms with E-state index in [-0.39, 0.29) is 6.07 Å². The van der Waals surface area contributed by atoms with Crippen molar-refractivity contribution in [1.82, 2.24) is 0 Å². The van der Waals surface area contributed by atoms with E-state index < -0.39 is 50.2 Å². The number of nitro groups is 1. The molecule has 0 atom stereocenters. The third-order valence-electron chi connectivity index (χ3n) is 2.18. The predicted molar refractivity (Wildman–Crippen MR) is 62.5 cm³/mol. The van der Waals surface area contributed by atoms with Crippen LogP contribution in [0.25, 0.3) is 5.57 Å². The molecular weight excluding hydrogens is 351 g/mol. The van der Waals surface area contributed by atoms with Gasteiger partial charge in [0.1, 0.15) is 5.57 Å². The Morgan fingerprint density at radius 2 is 1.67 bits per heavy atom. The SMILES string of the molecule is O=[N+]([O-])C=C(c1cc(Cl)c(Cl)c(C(F)(F)F)c1)C(F)(F)F. The highest BCUT2D eigenvalue weighted by atomic mass is 35.5. The lowest BCUT2D eigenvalue weighted by Crippen LogP contribution is -2.14. The standard InChI is InChI=1S/C10H3Cl2F6NO2/c11-7-2-4(1-5(8(7)12)9(13,14)15)6(3-19(20)21)10(16,17)18/h1-3H. The summed E-state index contributed by atoms with van der Waals surface area (Å²) in [5.41, 5.74) is -4.61. The summed E-state index contributed by atoms with van der Waals surface area (Å²) < 4.78 is 76.1. The van der Waals surface area contributed by atoms with Crippen LogP contribution in [0, 0.1) is 10.1 Å². The molecule has 116 valence electrons. The molecule has 11 heteroatoms. The van der Waals surface area contributed by atoms with Gasteiger partial charge >= 0.3 is 12.4 Å². The third-order valence-corrected chi connectivity index (χ3v) is 2.99. The molecule has 0 aromatic heterocycles. The van der Waals surface area contributed by atoms with Crippen molar-refractivity contribution in [2.75, 3.05) is 0 Å². The van der Waals surface area contributed by atoms with E-state index in [4.69, 9.17) is 23.2 Å². The minimum atomic E-state index is -5.24. The molecule has 0 saturated heterocycles. The van der Waals surface area contributed by atoms with Crippen LogP contribution < -0.4 is 0 Å². The van der Waals surface area contributed by atoms with Crippen LogP contribution in [0.4, 0.5) is 26.3 Å². The topological polar surface area (TPSA) is 43.1 Å². The quantitative estimate of drug-likeness (QED) is 0.417. The van der Waals surface area contributed by atoms with E-state index in [1.54, 1.807) is 0 Å². The molecular formula is C10H3Cl2F6NO2. The van der Waals surface area contributed by atoms with Gasteiger partial charge in [-0.15, -0.1) is 0 Å². The molecule has 0 fully saturated rings. The first-order chi connectivity index (χ1) is 9.34. The average Bonchev–Trinajstić information content (AvgIpc) is 2.26. The van der Waals surface area contributed by atoms with E-state index in [1.807, 2.05) is 0 Å². The largest absolute Gasteiger partial charge is 0.422 e. The second kappa shape index (κ2) is 5.72. The number of benzene rings is 1. The lowest BCUT2D eigenvalue weighted by atomic mass is 10.0. The Bertz CT molecular complexity index is 609. The van der Waals surface area contributed by atoms with Gasteiger partial charge in [0.2, 0.25) is 6.20 Å². The first kappa shape index (κ1) is 17.6. The monoisotopic (exact) mass is 353 g/mol. The summed E-state index contributed by atoms with van der Waals surface area (Å²) in [6.45, 7) is 0. The van der Waals surface area contributed by atoms with Crippen molar-refractivity contribution < 1.29 is 31.3 Å². The Kier molecular flexibility index (Phi) is 4.79. The number of hydrogen-bond donors (Lipinski definition) is 0. The zero-order valence-electron chi connectivity index (χ0n) is 9.52. The van der Waals surface area contributed by atoms with Crippen LogP contribution in [0.15, 0.2) is 18.3 Å². The number of hydrogen-bond acceptors (Lipinski definition) is 2. The molecule has 0 N–H and O–H groups in total. The second-order valence-corrected chi connectivity index (χ2v) is 4.43. The summed E-state index contributed by atoms with van der Waals surface area (Å²) in [7, 11) is 0. The Balaban J connectivity index is 3.63. The first-order valence-electron chi connectivity index (χ1n) is 4.83. The highest BCUT2D eigenvalue weighted by Crippen LogP contribution is 2.42. The van der Waals surface area contributed by atoms with Crippen LogP contribution in [0.1, 0.15) is 11.1 Å². The molecule has 0 heterocycles. The zero-order chi connectivity index (χ0) is 16.6. The van der Waals surface area contributed by atoms with Gasteiger partial charge in [-0.25, -0.2) is 0 Å². The normalized spacial score (nSPS) is 13.4. The number of allylic oxidation sites excluding steroid dienone is 1. The van der Waals surface area contributed by atoms with E-state index in [0.717, 1.165) is 0 Å². The van der Waals surface area contributed by atoms with Crippen LogP contribution in [-0.4, -0.2) is 11.1 Å². The maximum atomic E-state index is 12.7. The fraction of sp³-hybridized carbons (Fsp3) is 0.200. The van der Waals surface area contributed by atoms with Gasteiger partial charge in [-0.3, -0.25) is 10.1 Å². The Morgan fingerprint density at radius 1 is 1.14 bits per heavy atom. The summed E-state index contributed by atoms with van der Waals surface area (Å²) in [4.78, 5) is 8.78. The molecule has 0 aliphatic heterocycles. The summed E-state index contributed by atoms with van der Waals surface area (Å²) in [6, 6.07) is 0.527. The van der Waals surface area contributed by atoms with Crippen molar-refractivity contribution in [2.45, 2.75) is 12.4 Å². The van der Waals surface area contributed by atoms with E-state index in [1.165, 1.54) is 0 Å². The summed E-state index contributed by atoms with van der Waals surface area (Å²) >= 11 is 10.6. The molecule has 0 amide bonds. The average molecular weight is 354 g/mol. The smallest absolute Gasteiger partial charge is 0.259 e. The Labute approximate surface area is 122 Å². The minimum absolute atomic E-state index is 0.0526. The molecule has 0 spiro atoms. The van der Waals surface area contributed by atoms with Gasteiger partial charge in [0.15, 0.2) is 0 Å². The summed E-state index contributed by atoms with van der Waals surface area (Å²) in [6.07, 6.45) is -10.8. The Morgan fingerprint density at radius 3 is 2.05 bits per heavy atom. The van der Waals surface area contributed by atoms with Gasteiger partial charge in [-0.1, -0.05) is 23.2 Å². The van der Waals surface area contributed by atoms with E-state index >= 15 is 0 Å². The maximum Gasteiger partial charge on any atom is 0.422 e. The molecule has 1 rings (SSSR count). The van der Waals surface area contributed by atoms with Gasteiger partial charge in [-0.2, -0.15) is 26.3 Å². The van der Waals surface area contributed by atoms with Gasteiger partial charge in [-0.05, 0) is 17.7 Å². The molecule has 1 aromatic rings. The van der Waals surface area contributed by atoms with Crippen LogP contribution in [0.5, 0.6) is 0 Å². The van der Waals surface area contributed by atoms with Gasteiger partial charge in [0, 0.05) is 0 Å². The number of alkyl halides is 6. The van der Waals surface area contributed by atoms with E-state index in [2.05, 4.69) is 0 Å². The van der Waals surface area contributed by atoms with Crippen LogP contribution in [-0.2, 0) is 6.18 Å². The molecule has 3 nitrogen and oxygen atoms in total. The Hall–Kier alpha value is -1.48. The van der Waals surface area contributed by atoms with Crippen molar-refractivity contribution in [3.8, 4) is 0 Å². The number of nitrogens with zero attached hydrogens (tertiary/aromatic N) is 1. The van der Waals surface area contributed by atoms with Crippen LogP contribution >= 0.6 is 23.2 Å². The van der Waals surface area contributed by atoms with Crippen molar-refractivity contribution in [1.29, 1.82) is 0 Å². The fourth-order valence-electron chi connectivity index (χ4n) is 1.37. The molecule has 0 bridgehead atoms. The molecule has 0 radical (unpaired) electrons. The third kappa shape index (κ3) is 4.24. The van der Waals surface area contributed by atoms with Crippen LogP contribution in [0.2, 0.25) is 10.0 Å². The summed E-state index contributed by atoms with van der Waals surface area (Å²) in [5.74, 6) is 0. The van der Waals surface area contributed by atoms with Gasteiger partial charge in [0.25, 0.3) is 0 Å². The lowest BCUT2D eigenvalue weighted by Gasteiger charge is -2.15. The van der Waals surface area contributed by atoms with Gasteiger partial charge in [0.05, 0.1) is 20.5 Å². The van der Waals surface area contributed by atoms with Crippen molar-refractivity contribution in [3.05, 3.63) is 49.6 Å². The minimum Gasteiger partial charge on any atom is -0.259 e. The highest BCUT2D eigenvalue weighted by molar-refractivity contribution is 6.42. The van der Waals surface area contributed by atoms with Crippen LogP contribution in [0.3, 0.4) is 0 Å².